The SMILES string of the molecule is COc1c(C)cc(CN)c(C)c1OC. The van der Waals surface area contributed by atoms with Crippen LogP contribution < -0.4 is 15.2 Å². The van der Waals surface area contributed by atoms with Gasteiger partial charge in [0, 0.05) is 6.54 Å². The Labute approximate surface area is 84.8 Å². The molecule has 0 unspecified atom stereocenters. The molecule has 0 amide bonds. The molecule has 1 aromatic carbocycles. The van der Waals surface area contributed by atoms with E-state index in [2.05, 4.69) is 0 Å². The molecule has 1 rings (SSSR count). The Morgan fingerprint density at radius 2 is 1.71 bits per heavy atom. The first-order valence-corrected chi connectivity index (χ1v) is 4.56. The highest BCUT2D eigenvalue weighted by molar-refractivity contribution is 5.54. The molecule has 0 aliphatic rings. The number of nitrogens with two attached hydrogens (primary N) is 1. The van der Waals surface area contributed by atoms with E-state index in [1.54, 1.807) is 14.2 Å². The molecule has 78 valence electrons. The average molecular weight is 195 g/mol. The second kappa shape index (κ2) is 4.33. The predicted molar refractivity (Wildman–Crippen MR) is 56.9 cm³/mol. The summed E-state index contributed by atoms with van der Waals surface area (Å²) in [5, 5.41) is 0. The van der Waals surface area contributed by atoms with Crippen molar-refractivity contribution in [2.24, 2.45) is 5.73 Å². The summed E-state index contributed by atoms with van der Waals surface area (Å²) in [7, 11) is 3.29. The highest BCUT2D eigenvalue weighted by Crippen LogP contribution is 2.35. The van der Waals surface area contributed by atoms with Crippen LogP contribution in [0.2, 0.25) is 0 Å². The van der Waals surface area contributed by atoms with Gasteiger partial charge in [-0.3, -0.25) is 0 Å². The molecule has 0 saturated heterocycles. The van der Waals surface area contributed by atoms with Crippen LogP contribution >= 0.6 is 0 Å². The van der Waals surface area contributed by atoms with Crippen molar-refractivity contribution in [3.05, 3.63) is 22.8 Å². The van der Waals surface area contributed by atoms with E-state index < -0.39 is 0 Å². The minimum atomic E-state index is 0.521. The van der Waals surface area contributed by atoms with Crippen molar-refractivity contribution in [3.8, 4) is 11.5 Å². The van der Waals surface area contributed by atoms with Gasteiger partial charge in [0.05, 0.1) is 14.2 Å². The summed E-state index contributed by atoms with van der Waals surface area (Å²) in [5.41, 5.74) is 8.84. The Hall–Kier alpha value is -1.22. The van der Waals surface area contributed by atoms with Crippen LogP contribution in [-0.2, 0) is 6.54 Å². The summed E-state index contributed by atoms with van der Waals surface area (Å²) in [5.74, 6) is 1.58. The normalized spacial score (nSPS) is 10.1. The van der Waals surface area contributed by atoms with Gasteiger partial charge in [0.1, 0.15) is 0 Å². The van der Waals surface area contributed by atoms with Crippen molar-refractivity contribution in [3.63, 3.8) is 0 Å². The summed E-state index contributed by atoms with van der Waals surface area (Å²) < 4.78 is 10.6. The maximum absolute atomic E-state index is 5.64. The molecule has 0 aromatic heterocycles. The maximum Gasteiger partial charge on any atom is 0.164 e. The number of benzene rings is 1. The van der Waals surface area contributed by atoms with Crippen molar-refractivity contribution in [1.82, 2.24) is 0 Å². The van der Waals surface area contributed by atoms with E-state index in [-0.39, 0.29) is 0 Å². The topological polar surface area (TPSA) is 44.5 Å². The Balaban J connectivity index is 3.40. The molecule has 3 nitrogen and oxygen atoms in total. The number of aryl methyl sites for hydroxylation is 1. The predicted octanol–water partition coefficient (Wildman–Crippen LogP) is 1.78. The first-order chi connectivity index (χ1) is 6.65. The van der Waals surface area contributed by atoms with Crippen LogP contribution in [0.5, 0.6) is 11.5 Å². The van der Waals surface area contributed by atoms with E-state index >= 15 is 0 Å². The lowest BCUT2D eigenvalue weighted by atomic mass is 10.0. The summed E-state index contributed by atoms with van der Waals surface area (Å²) in [6.45, 7) is 4.50. The Morgan fingerprint density at radius 3 is 2.14 bits per heavy atom. The van der Waals surface area contributed by atoms with Crippen LogP contribution in [-0.4, -0.2) is 14.2 Å². The molecule has 0 fully saturated rings. The molecule has 3 heteroatoms. The molecule has 0 atom stereocenters. The summed E-state index contributed by atoms with van der Waals surface area (Å²) >= 11 is 0. The van der Waals surface area contributed by atoms with E-state index in [4.69, 9.17) is 15.2 Å². The minimum Gasteiger partial charge on any atom is -0.493 e. The van der Waals surface area contributed by atoms with Crippen LogP contribution in [0.15, 0.2) is 6.07 Å². The fourth-order valence-corrected chi connectivity index (χ4v) is 1.64. The van der Waals surface area contributed by atoms with E-state index in [0.29, 0.717) is 6.54 Å². The number of ether oxygens (including phenoxy) is 2. The van der Waals surface area contributed by atoms with Gasteiger partial charge < -0.3 is 15.2 Å². The number of methoxy groups -OCH3 is 2. The van der Waals surface area contributed by atoms with Crippen LogP contribution in [0.4, 0.5) is 0 Å². The molecule has 1 aromatic rings. The third kappa shape index (κ3) is 1.68. The van der Waals surface area contributed by atoms with E-state index in [0.717, 1.165) is 28.2 Å². The van der Waals surface area contributed by atoms with Gasteiger partial charge >= 0.3 is 0 Å². The quantitative estimate of drug-likeness (QED) is 0.799. The number of hydrogen-bond donors (Lipinski definition) is 1. The van der Waals surface area contributed by atoms with Gasteiger partial charge in [-0.1, -0.05) is 6.07 Å². The molecule has 14 heavy (non-hydrogen) atoms. The Bertz CT molecular complexity index is 335. The average Bonchev–Trinajstić information content (AvgIpc) is 2.20. The molecule has 0 aliphatic carbocycles. The van der Waals surface area contributed by atoms with Crippen molar-refractivity contribution in [2.45, 2.75) is 20.4 Å². The molecule has 0 heterocycles. The Kier molecular flexibility index (Phi) is 3.36. The number of hydrogen-bond acceptors (Lipinski definition) is 3. The van der Waals surface area contributed by atoms with Crippen LogP contribution in [0, 0.1) is 13.8 Å². The summed E-state index contributed by atoms with van der Waals surface area (Å²) in [6, 6.07) is 2.04. The molecule has 0 spiro atoms. The third-order valence-corrected chi connectivity index (χ3v) is 2.41. The van der Waals surface area contributed by atoms with Gasteiger partial charge in [0.15, 0.2) is 11.5 Å². The smallest absolute Gasteiger partial charge is 0.164 e. The lowest BCUT2D eigenvalue weighted by molar-refractivity contribution is 0.350. The van der Waals surface area contributed by atoms with Gasteiger partial charge in [-0.2, -0.15) is 0 Å². The van der Waals surface area contributed by atoms with Crippen LogP contribution in [0.3, 0.4) is 0 Å². The van der Waals surface area contributed by atoms with E-state index in [9.17, 15) is 0 Å². The molecular formula is C11H17NO2. The van der Waals surface area contributed by atoms with Crippen molar-refractivity contribution < 1.29 is 9.47 Å². The molecular weight excluding hydrogens is 178 g/mol. The van der Waals surface area contributed by atoms with E-state index in [1.165, 1.54) is 0 Å². The first kappa shape index (κ1) is 10.9. The highest BCUT2D eigenvalue weighted by Gasteiger charge is 2.13. The van der Waals surface area contributed by atoms with Gasteiger partial charge in [-0.05, 0) is 30.5 Å². The van der Waals surface area contributed by atoms with Gasteiger partial charge in [0.25, 0.3) is 0 Å². The summed E-state index contributed by atoms with van der Waals surface area (Å²) in [4.78, 5) is 0. The highest BCUT2D eigenvalue weighted by atomic mass is 16.5. The molecule has 2 N–H and O–H groups in total. The molecule has 0 radical (unpaired) electrons. The van der Waals surface area contributed by atoms with Gasteiger partial charge in [0.2, 0.25) is 0 Å². The zero-order valence-electron chi connectivity index (χ0n) is 9.18. The standard InChI is InChI=1S/C11H17NO2/c1-7-5-9(6-12)8(2)11(14-4)10(7)13-3/h5H,6,12H2,1-4H3. The summed E-state index contributed by atoms with van der Waals surface area (Å²) in [6.07, 6.45) is 0. The molecule has 0 aliphatic heterocycles. The maximum atomic E-state index is 5.64. The second-order valence-corrected chi connectivity index (χ2v) is 3.25. The fraction of sp³-hybridized carbons (Fsp3) is 0.455. The van der Waals surface area contributed by atoms with Crippen molar-refractivity contribution in [2.75, 3.05) is 14.2 Å². The molecule has 0 bridgehead atoms. The monoisotopic (exact) mass is 195 g/mol. The fourth-order valence-electron chi connectivity index (χ4n) is 1.64. The van der Waals surface area contributed by atoms with Crippen LogP contribution in [0.1, 0.15) is 16.7 Å². The number of rotatable bonds is 3. The largest absolute Gasteiger partial charge is 0.493 e. The van der Waals surface area contributed by atoms with Gasteiger partial charge in [-0.25, -0.2) is 0 Å². The second-order valence-electron chi connectivity index (χ2n) is 3.25. The zero-order chi connectivity index (χ0) is 10.7. The lowest BCUT2D eigenvalue weighted by Crippen LogP contribution is -2.04. The third-order valence-electron chi connectivity index (χ3n) is 2.41. The first-order valence-electron chi connectivity index (χ1n) is 4.56. The lowest BCUT2D eigenvalue weighted by Gasteiger charge is -2.15. The van der Waals surface area contributed by atoms with Crippen LogP contribution in [0.25, 0.3) is 0 Å². The minimum absolute atomic E-state index is 0.521. The van der Waals surface area contributed by atoms with E-state index in [1.807, 2.05) is 19.9 Å². The molecule has 0 saturated carbocycles. The zero-order valence-corrected chi connectivity index (χ0v) is 9.18. The van der Waals surface area contributed by atoms with Crippen molar-refractivity contribution in [1.29, 1.82) is 0 Å². The van der Waals surface area contributed by atoms with Gasteiger partial charge in [-0.15, -0.1) is 0 Å². The Morgan fingerprint density at radius 1 is 1.14 bits per heavy atom. The van der Waals surface area contributed by atoms with Crippen molar-refractivity contribution >= 4 is 0 Å².